The third kappa shape index (κ3) is 8.88. The molecule has 1 aliphatic rings. The summed E-state index contributed by atoms with van der Waals surface area (Å²) in [6.07, 6.45) is 0. The number of nitrogens with zero attached hydrogens (tertiary/aromatic N) is 3. The SMILES string of the molecule is CCNC(=NCc1ccccc1CN1CCN(CC)CC1)NCC(CO)c1ccccc1.I. The second-order valence-corrected chi connectivity index (χ2v) is 8.35. The van der Waals surface area contributed by atoms with E-state index in [4.69, 9.17) is 4.99 Å². The molecule has 0 aromatic heterocycles. The average molecular weight is 566 g/mol. The molecule has 6 nitrogen and oxygen atoms in total. The van der Waals surface area contributed by atoms with Crippen LogP contribution < -0.4 is 10.6 Å². The van der Waals surface area contributed by atoms with Crippen molar-refractivity contribution in [3.05, 3.63) is 71.3 Å². The van der Waals surface area contributed by atoms with Gasteiger partial charge in [0.25, 0.3) is 0 Å². The highest BCUT2D eigenvalue weighted by molar-refractivity contribution is 14.0. The highest BCUT2D eigenvalue weighted by Gasteiger charge is 2.16. The summed E-state index contributed by atoms with van der Waals surface area (Å²) >= 11 is 0. The molecule has 3 rings (SSSR count). The quantitative estimate of drug-likeness (QED) is 0.235. The number of benzene rings is 2. The second kappa shape index (κ2) is 15.3. The van der Waals surface area contributed by atoms with Crippen molar-refractivity contribution >= 4 is 29.9 Å². The van der Waals surface area contributed by atoms with Gasteiger partial charge < -0.3 is 20.6 Å². The van der Waals surface area contributed by atoms with E-state index in [2.05, 4.69) is 70.7 Å². The fourth-order valence-corrected chi connectivity index (χ4v) is 4.11. The summed E-state index contributed by atoms with van der Waals surface area (Å²) in [5.41, 5.74) is 3.76. The second-order valence-electron chi connectivity index (χ2n) is 8.35. The lowest BCUT2D eigenvalue weighted by Crippen LogP contribution is -2.45. The highest BCUT2D eigenvalue weighted by atomic mass is 127. The molecule has 1 atom stereocenters. The van der Waals surface area contributed by atoms with Crippen LogP contribution in [-0.2, 0) is 13.1 Å². The van der Waals surface area contributed by atoms with Crippen molar-refractivity contribution in [2.24, 2.45) is 4.99 Å². The number of aliphatic hydroxyl groups is 1. The van der Waals surface area contributed by atoms with Gasteiger partial charge in [0.05, 0.1) is 13.2 Å². The number of aliphatic imine (C=N–C) groups is 1. The zero-order valence-corrected chi connectivity index (χ0v) is 22.4. The standard InChI is InChI=1S/C26H39N5O.HI/c1-3-27-26(29-19-25(21-32)22-10-6-5-7-11-22)28-18-23-12-8-9-13-24(23)20-31-16-14-30(4-2)15-17-31;/h5-13,25,32H,3-4,14-21H2,1-2H3,(H2,27,28,29);1H. The first-order chi connectivity index (χ1) is 15.7. The predicted molar refractivity (Wildman–Crippen MR) is 148 cm³/mol. The number of halogens is 1. The molecular formula is C26H40IN5O. The summed E-state index contributed by atoms with van der Waals surface area (Å²) in [6, 6.07) is 18.8. The minimum Gasteiger partial charge on any atom is -0.396 e. The number of likely N-dealkylation sites (N-methyl/N-ethyl adjacent to an activating group) is 1. The Kier molecular flexibility index (Phi) is 12.8. The Balaban J connectivity index is 0.00000385. The molecule has 0 amide bonds. The summed E-state index contributed by atoms with van der Waals surface area (Å²) in [6.45, 7) is 13.1. The minimum atomic E-state index is 0. The molecule has 1 aliphatic heterocycles. The van der Waals surface area contributed by atoms with Gasteiger partial charge in [-0.25, -0.2) is 4.99 Å². The van der Waals surface area contributed by atoms with E-state index >= 15 is 0 Å². The van der Waals surface area contributed by atoms with Gasteiger partial charge in [-0.05, 0) is 30.2 Å². The van der Waals surface area contributed by atoms with E-state index in [0.29, 0.717) is 13.1 Å². The Bertz CT molecular complexity index is 824. The molecule has 0 aliphatic carbocycles. The van der Waals surface area contributed by atoms with Crippen molar-refractivity contribution < 1.29 is 5.11 Å². The van der Waals surface area contributed by atoms with Crippen LogP contribution in [0.1, 0.15) is 36.5 Å². The minimum absolute atomic E-state index is 0. The van der Waals surface area contributed by atoms with Gasteiger partial charge >= 0.3 is 0 Å². The van der Waals surface area contributed by atoms with Crippen molar-refractivity contribution in [3.63, 3.8) is 0 Å². The van der Waals surface area contributed by atoms with Crippen molar-refractivity contribution in [1.29, 1.82) is 0 Å². The molecule has 182 valence electrons. The van der Waals surface area contributed by atoms with E-state index < -0.39 is 0 Å². The number of aliphatic hydroxyl groups excluding tert-OH is 1. The monoisotopic (exact) mass is 565 g/mol. The summed E-state index contributed by atoms with van der Waals surface area (Å²) < 4.78 is 0. The molecule has 7 heteroatoms. The maximum Gasteiger partial charge on any atom is 0.191 e. The van der Waals surface area contributed by atoms with Crippen LogP contribution >= 0.6 is 24.0 Å². The summed E-state index contributed by atoms with van der Waals surface area (Å²) in [7, 11) is 0. The number of hydrogen-bond acceptors (Lipinski definition) is 4. The van der Waals surface area contributed by atoms with Crippen molar-refractivity contribution in [2.75, 3.05) is 52.4 Å². The van der Waals surface area contributed by atoms with Crippen LogP contribution in [0, 0.1) is 0 Å². The molecule has 0 radical (unpaired) electrons. The van der Waals surface area contributed by atoms with Gasteiger partial charge in [-0.3, -0.25) is 4.90 Å². The predicted octanol–water partition coefficient (Wildman–Crippen LogP) is 3.27. The zero-order valence-electron chi connectivity index (χ0n) is 20.0. The highest BCUT2D eigenvalue weighted by Crippen LogP contribution is 2.15. The molecule has 0 bridgehead atoms. The van der Waals surface area contributed by atoms with Gasteiger partial charge in [-0.15, -0.1) is 24.0 Å². The molecule has 0 spiro atoms. The topological polar surface area (TPSA) is 63.1 Å². The Morgan fingerprint density at radius 3 is 2.18 bits per heavy atom. The van der Waals surface area contributed by atoms with Crippen LogP contribution in [-0.4, -0.2) is 73.3 Å². The maximum absolute atomic E-state index is 9.85. The number of guanidine groups is 1. The van der Waals surface area contributed by atoms with Crippen LogP contribution in [0.25, 0.3) is 0 Å². The Morgan fingerprint density at radius 2 is 1.55 bits per heavy atom. The molecule has 33 heavy (non-hydrogen) atoms. The normalized spacial score (nSPS) is 16.2. The first-order valence-corrected chi connectivity index (χ1v) is 11.9. The Morgan fingerprint density at radius 1 is 0.909 bits per heavy atom. The Labute approximate surface area is 216 Å². The molecular weight excluding hydrogens is 525 g/mol. The fraction of sp³-hybridized carbons (Fsp3) is 0.500. The van der Waals surface area contributed by atoms with Crippen molar-refractivity contribution in [1.82, 2.24) is 20.4 Å². The van der Waals surface area contributed by atoms with E-state index in [9.17, 15) is 5.11 Å². The van der Waals surface area contributed by atoms with Gasteiger partial charge in [0.15, 0.2) is 5.96 Å². The number of rotatable bonds is 10. The van der Waals surface area contributed by atoms with Gasteiger partial charge in [0, 0.05) is 51.7 Å². The molecule has 1 saturated heterocycles. The maximum atomic E-state index is 9.85. The van der Waals surface area contributed by atoms with Gasteiger partial charge in [0.2, 0.25) is 0 Å². The van der Waals surface area contributed by atoms with Crippen LogP contribution in [0.3, 0.4) is 0 Å². The number of nitrogens with one attached hydrogen (secondary N) is 2. The van der Waals surface area contributed by atoms with E-state index in [0.717, 1.165) is 57.3 Å². The smallest absolute Gasteiger partial charge is 0.191 e. The summed E-state index contributed by atoms with van der Waals surface area (Å²) in [4.78, 5) is 9.90. The first-order valence-electron chi connectivity index (χ1n) is 11.9. The van der Waals surface area contributed by atoms with Crippen molar-refractivity contribution in [2.45, 2.75) is 32.9 Å². The van der Waals surface area contributed by atoms with Crippen LogP contribution in [0.15, 0.2) is 59.6 Å². The van der Waals surface area contributed by atoms with Gasteiger partial charge in [-0.1, -0.05) is 61.5 Å². The van der Waals surface area contributed by atoms with Crippen LogP contribution in [0.2, 0.25) is 0 Å². The lowest BCUT2D eigenvalue weighted by molar-refractivity contribution is 0.131. The lowest BCUT2D eigenvalue weighted by atomic mass is 10.0. The molecule has 1 heterocycles. The summed E-state index contributed by atoms with van der Waals surface area (Å²) in [5, 5.41) is 16.6. The van der Waals surface area contributed by atoms with Crippen molar-refractivity contribution in [3.8, 4) is 0 Å². The molecule has 1 unspecified atom stereocenters. The number of piperazine rings is 1. The van der Waals surface area contributed by atoms with E-state index in [1.54, 1.807) is 0 Å². The van der Waals surface area contributed by atoms with E-state index in [1.807, 2.05) is 18.2 Å². The average Bonchev–Trinajstić information content (AvgIpc) is 2.85. The Hall–Kier alpha value is -1.68. The molecule has 2 aromatic rings. The molecule has 2 aromatic carbocycles. The molecule has 3 N–H and O–H groups in total. The molecule has 1 fully saturated rings. The van der Waals surface area contributed by atoms with Crippen LogP contribution in [0.5, 0.6) is 0 Å². The van der Waals surface area contributed by atoms with E-state index in [1.165, 1.54) is 11.1 Å². The lowest BCUT2D eigenvalue weighted by Gasteiger charge is -2.34. The zero-order chi connectivity index (χ0) is 22.6. The van der Waals surface area contributed by atoms with E-state index in [-0.39, 0.29) is 36.5 Å². The third-order valence-electron chi connectivity index (χ3n) is 6.18. The largest absolute Gasteiger partial charge is 0.396 e. The fourth-order valence-electron chi connectivity index (χ4n) is 4.11. The first kappa shape index (κ1) is 27.6. The summed E-state index contributed by atoms with van der Waals surface area (Å²) in [5.74, 6) is 0.822. The van der Waals surface area contributed by atoms with Gasteiger partial charge in [-0.2, -0.15) is 0 Å². The third-order valence-corrected chi connectivity index (χ3v) is 6.18. The number of hydrogen-bond donors (Lipinski definition) is 3. The van der Waals surface area contributed by atoms with Gasteiger partial charge in [0.1, 0.15) is 0 Å². The van der Waals surface area contributed by atoms with Crippen LogP contribution in [0.4, 0.5) is 0 Å². The molecule has 0 saturated carbocycles.